The van der Waals surface area contributed by atoms with Crippen molar-refractivity contribution < 1.29 is 13.9 Å². The van der Waals surface area contributed by atoms with Gasteiger partial charge < -0.3 is 10.0 Å². The Morgan fingerprint density at radius 3 is 2.00 bits per heavy atom. The van der Waals surface area contributed by atoms with Gasteiger partial charge in [0.1, 0.15) is 17.2 Å². The molecule has 0 bridgehead atoms. The number of fused-ring (bicyclic) bond motifs is 1. The first-order valence-electron chi connectivity index (χ1n) is 12.0. The Labute approximate surface area is 204 Å². The number of nitrogens with zero attached hydrogens (tertiary/aromatic N) is 3. The molecular weight excluding hydrogens is 444 g/mol. The van der Waals surface area contributed by atoms with Crippen LogP contribution in [0.4, 0.5) is 14.5 Å². The zero-order valence-electron chi connectivity index (χ0n) is 19.8. The Kier molecular flexibility index (Phi) is 6.50. The molecule has 0 spiro atoms. The van der Waals surface area contributed by atoms with Gasteiger partial charge in [-0.25, -0.2) is 8.78 Å². The van der Waals surface area contributed by atoms with E-state index in [0.717, 1.165) is 48.5 Å². The van der Waals surface area contributed by atoms with Gasteiger partial charge in [0.2, 0.25) is 0 Å². The summed E-state index contributed by atoms with van der Waals surface area (Å²) in [5, 5.41) is 12.9. The number of piperazine rings is 1. The molecule has 6 heteroatoms. The Morgan fingerprint density at radius 1 is 0.800 bits per heavy atom. The van der Waals surface area contributed by atoms with Gasteiger partial charge in [-0.1, -0.05) is 42.5 Å². The second-order valence-corrected chi connectivity index (χ2v) is 9.25. The first-order valence-corrected chi connectivity index (χ1v) is 12.0. The van der Waals surface area contributed by atoms with Crippen LogP contribution in [-0.4, -0.2) is 47.7 Å². The van der Waals surface area contributed by atoms with Crippen molar-refractivity contribution in [1.82, 2.24) is 9.88 Å². The van der Waals surface area contributed by atoms with Crippen molar-refractivity contribution in [2.24, 2.45) is 0 Å². The number of anilines is 1. The van der Waals surface area contributed by atoms with E-state index in [0.29, 0.717) is 24.1 Å². The number of pyridine rings is 1. The molecule has 35 heavy (non-hydrogen) atoms. The molecule has 180 valence electrons. The third-order valence-corrected chi connectivity index (χ3v) is 6.98. The molecule has 5 rings (SSSR count). The predicted molar refractivity (Wildman–Crippen MR) is 136 cm³/mol. The molecule has 3 aromatic carbocycles. The van der Waals surface area contributed by atoms with Crippen LogP contribution in [0.25, 0.3) is 10.9 Å². The number of aryl methyl sites for hydroxylation is 1. The summed E-state index contributed by atoms with van der Waals surface area (Å²) in [5.41, 5.74) is 3.05. The molecule has 1 aromatic heterocycles. The van der Waals surface area contributed by atoms with Crippen LogP contribution in [0.1, 0.15) is 23.2 Å². The summed E-state index contributed by atoms with van der Waals surface area (Å²) in [6, 6.07) is 22.3. The standard InChI is InChI=1S/C29H29F2N3O/c1-21-5-6-22-3-2-4-27(28(22)32-21)34-19-17-33(18-20-34)16-15-29(35,23-7-11-25(30)12-8-23)24-9-13-26(31)14-10-24/h2-14,35H,15-20H2,1H3. The van der Waals surface area contributed by atoms with E-state index in [1.165, 1.54) is 24.3 Å². The number of benzene rings is 3. The minimum Gasteiger partial charge on any atom is -0.380 e. The van der Waals surface area contributed by atoms with E-state index in [9.17, 15) is 13.9 Å². The minimum absolute atomic E-state index is 0.357. The molecule has 0 saturated carbocycles. The van der Waals surface area contributed by atoms with E-state index in [1.54, 1.807) is 24.3 Å². The molecule has 1 aliphatic rings. The quantitative estimate of drug-likeness (QED) is 0.414. The van der Waals surface area contributed by atoms with Gasteiger partial charge in [0.05, 0.1) is 11.2 Å². The van der Waals surface area contributed by atoms with Gasteiger partial charge >= 0.3 is 0 Å². The zero-order chi connectivity index (χ0) is 24.4. The molecule has 0 atom stereocenters. The minimum atomic E-state index is -1.34. The Balaban J connectivity index is 1.30. The summed E-state index contributed by atoms with van der Waals surface area (Å²) < 4.78 is 27.1. The van der Waals surface area contributed by atoms with E-state index < -0.39 is 5.60 Å². The van der Waals surface area contributed by atoms with Gasteiger partial charge in [0.25, 0.3) is 0 Å². The molecule has 0 radical (unpaired) electrons. The number of para-hydroxylation sites is 1. The maximum Gasteiger partial charge on any atom is 0.123 e. The van der Waals surface area contributed by atoms with E-state index in [1.807, 2.05) is 13.0 Å². The average Bonchev–Trinajstić information content (AvgIpc) is 2.88. The van der Waals surface area contributed by atoms with Crippen LogP contribution < -0.4 is 4.90 Å². The van der Waals surface area contributed by atoms with Crippen LogP contribution in [0.15, 0.2) is 78.9 Å². The van der Waals surface area contributed by atoms with Gasteiger partial charge in [0.15, 0.2) is 0 Å². The summed E-state index contributed by atoms with van der Waals surface area (Å²) in [4.78, 5) is 9.48. The Morgan fingerprint density at radius 2 is 1.40 bits per heavy atom. The van der Waals surface area contributed by atoms with E-state index in [2.05, 4.69) is 34.1 Å². The number of aliphatic hydroxyl groups is 1. The summed E-state index contributed by atoms with van der Waals surface area (Å²) in [6.07, 6.45) is 0.416. The summed E-state index contributed by atoms with van der Waals surface area (Å²) in [7, 11) is 0. The highest BCUT2D eigenvalue weighted by atomic mass is 19.1. The van der Waals surface area contributed by atoms with Crippen molar-refractivity contribution >= 4 is 16.6 Å². The largest absolute Gasteiger partial charge is 0.380 e. The lowest BCUT2D eigenvalue weighted by molar-refractivity contribution is 0.0564. The monoisotopic (exact) mass is 473 g/mol. The van der Waals surface area contributed by atoms with Gasteiger partial charge in [-0.3, -0.25) is 9.88 Å². The summed E-state index contributed by atoms with van der Waals surface area (Å²) in [5.74, 6) is -0.714. The van der Waals surface area contributed by atoms with Gasteiger partial charge in [-0.2, -0.15) is 0 Å². The molecule has 4 aromatic rings. The highest BCUT2D eigenvalue weighted by Gasteiger charge is 2.32. The molecule has 1 aliphatic heterocycles. The lowest BCUT2D eigenvalue weighted by Crippen LogP contribution is -2.47. The predicted octanol–water partition coefficient (Wildman–Crippen LogP) is 5.27. The third kappa shape index (κ3) is 4.90. The van der Waals surface area contributed by atoms with Gasteiger partial charge in [0, 0.05) is 43.8 Å². The van der Waals surface area contributed by atoms with Crippen LogP contribution >= 0.6 is 0 Å². The number of hydrogen-bond acceptors (Lipinski definition) is 4. The van der Waals surface area contributed by atoms with Crippen LogP contribution in [-0.2, 0) is 5.60 Å². The fourth-order valence-corrected chi connectivity index (χ4v) is 4.92. The van der Waals surface area contributed by atoms with Crippen LogP contribution in [0.3, 0.4) is 0 Å². The normalized spacial score (nSPS) is 15.0. The van der Waals surface area contributed by atoms with Crippen molar-refractivity contribution in [3.8, 4) is 0 Å². The molecule has 1 N–H and O–H groups in total. The smallest absolute Gasteiger partial charge is 0.123 e. The summed E-state index contributed by atoms with van der Waals surface area (Å²) in [6.45, 7) is 6.10. The zero-order valence-corrected chi connectivity index (χ0v) is 19.8. The molecule has 1 saturated heterocycles. The van der Waals surface area contributed by atoms with Gasteiger partial charge in [-0.15, -0.1) is 0 Å². The average molecular weight is 474 g/mol. The molecule has 0 amide bonds. The maximum absolute atomic E-state index is 13.6. The van der Waals surface area contributed by atoms with Crippen molar-refractivity contribution in [3.63, 3.8) is 0 Å². The fraction of sp³-hybridized carbons (Fsp3) is 0.276. The van der Waals surface area contributed by atoms with Crippen LogP contribution in [0.2, 0.25) is 0 Å². The number of halogens is 2. The number of aromatic nitrogens is 1. The lowest BCUT2D eigenvalue weighted by atomic mass is 9.83. The van der Waals surface area contributed by atoms with Crippen molar-refractivity contribution in [1.29, 1.82) is 0 Å². The van der Waals surface area contributed by atoms with Gasteiger partial charge in [-0.05, 0) is 60.9 Å². The number of rotatable bonds is 6. The Hall–Kier alpha value is -3.35. The SMILES string of the molecule is Cc1ccc2cccc(N3CCN(CCC(O)(c4ccc(F)cc4)c4ccc(F)cc4)CC3)c2n1. The van der Waals surface area contributed by atoms with Crippen molar-refractivity contribution in [2.75, 3.05) is 37.6 Å². The number of hydrogen-bond donors (Lipinski definition) is 1. The lowest BCUT2D eigenvalue weighted by Gasteiger charge is -2.38. The van der Waals surface area contributed by atoms with E-state index in [4.69, 9.17) is 4.98 Å². The Bertz CT molecular complexity index is 1250. The first-order chi connectivity index (χ1) is 16.9. The third-order valence-electron chi connectivity index (χ3n) is 6.98. The summed E-state index contributed by atoms with van der Waals surface area (Å²) >= 11 is 0. The maximum atomic E-state index is 13.6. The highest BCUT2D eigenvalue weighted by molar-refractivity contribution is 5.91. The molecule has 0 aliphatic carbocycles. The first kappa shape index (κ1) is 23.4. The molecule has 2 heterocycles. The molecule has 0 unspecified atom stereocenters. The van der Waals surface area contributed by atoms with E-state index in [-0.39, 0.29) is 11.6 Å². The van der Waals surface area contributed by atoms with E-state index >= 15 is 0 Å². The second kappa shape index (κ2) is 9.72. The topological polar surface area (TPSA) is 39.6 Å². The van der Waals surface area contributed by atoms with Crippen molar-refractivity contribution in [3.05, 3.63) is 107 Å². The molecular formula is C29H29F2N3O. The fourth-order valence-electron chi connectivity index (χ4n) is 4.92. The molecule has 4 nitrogen and oxygen atoms in total. The van der Waals surface area contributed by atoms with Crippen LogP contribution in [0, 0.1) is 18.6 Å². The van der Waals surface area contributed by atoms with Crippen LogP contribution in [0.5, 0.6) is 0 Å². The highest BCUT2D eigenvalue weighted by Crippen LogP contribution is 2.34. The van der Waals surface area contributed by atoms with Crippen molar-refractivity contribution in [2.45, 2.75) is 18.9 Å². The molecule has 1 fully saturated rings. The second-order valence-electron chi connectivity index (χ2n) is 9.25.